The summed E-state index contributed by atoms with van der Waals surface area (Å²) in [6, 6.07) is 10.0. The monoisotopic (exact) mass is 300 g/mol. The van der Waals surface area contributed by atoms with Crippen LogP contribution in [0.2, 0.25) is 5.02 Å². The maximum absolute atomic E-state index is 6.22. The summed E-state index contributed by atoms with van der Waals surface area (Å²) in [6.07, 6.45) is 3.88. The van der Waals surface area contributed by atoms with Crippen molar-refractivity contribution in [3.8, 4) is 0 Å². The van der Waals surface area contributed by atoms with Crippen molar-refractivity contribution in [2.24, 2.45) is 0 Å². The quantitative estimate of drug-likeness (QED) is 0.801. The van der Waals surface area contributed by atoms with E-state index in [0.29, 0.717) is 6.54 Å². The summed E-state index contributed by atoms with van der Waals surface area (Å²) in [5, 5.41) is 8.63. The highest BCUT2D eigenvalue weighted by molar-refractivity contribution is 6.31. The molecule has 0 saturated carbocycles. The van der Waals surface area contributed by atoms with Gasteiger partial charge in [0.1, 0.15) is 0 Å². The van der Waals surface area contributed by atoms with Gasteiger partial charge < -0.3 is 5.32 Å². The van der Waals surface area contributed by atoms with Crippen molar-refractivity contribution >= 4 is 17.2 Å². The minimum absolute atomic E-state index is 0.175. The molecule has 0 aliphatic carbocycles. The van der Waals surface area contributed by atoms with Gasteiger partial charge >= 0.3 is 0 Å². The lowest BCUT2D eigenvalue weighted by Crippen LogP contribution is -2.18. The molecule has 0 fully saturated rings. The number of benzene rings is 1. The molecule has 0 spiro atoms. The second-order valence-corrected chi connectivity index (χ2v) is 5.58. The normalized spacial score (nSPS) is 12.7. The fourth-order valence-corrected chi connectivity index (χ4v) is 2.63. The summed E-state index contributed by atoms with van der Waals surface area (Å²) in [4.78, 5) is 4.40. The van der Waals surface area contributed by atoms with E-state index in [2.05, 4.69) is 22.3 Å². The minimum Gasteiger partial charge on any atom is -0.306 e. The Bertz CT molecular complexity index is 766. The first-order valence-corrected chi connectivity index (χ1v) is 7.30. The number of hydrogen-bond donors (Lipinski definition) is 1. The van der Waals surface area contributed by atoms with Gasteiger partial charge in [-0.3, -0.25) is 0 Å². The Morgan fingerprint density at radius 1 is 1.33 bits per heavy atom. The molecule has 0 aliphatic rings. The molecule has 21 heavy (non-hydrogen) atoms. The van der Waals surface area contributed by atoms with Crippen molar-refractivity contribution in [1.29, 1.82) is 0 Å². The third-order valence-corrected chi connectivity index (χ3v) is 3.82. The van der Waals surface area contributed by atoms with Gasteiger partial charge in [-0.1, -0.05) is 29.8 Å². The molecule has 0 amide bonds. The van der Waals surface area contributed by atoms with Gasteiger partial charge in [0.25, 0.3) is 0 Å². The zero-order valence-corrected chi connectivity index (χ0v) is 12.8. The molecule has 108 valence electrons. The smallest absolute Gasteiger partial charge is 0.155 e. The van der Waals surface area contributed by atoms with E-state index in [1.165, 1.54) is 0 Å². The van der Waals surface area contributed by atoms with Crippen molar-refractivity contribution in [3.63, 3.8) is 0 Å². The van der Waals surface area contributed by atoms with Gasteiger partial charge in [0, 0.05) is 41.6 Å². The molecule has 3 aromatic rings. The lowest BCUT2D eigenvalue weighted by molar-refractivity contribution is 0.572. The van der Waals surface area contributed by atoms with Crippen LogP contribution in [0.15, 0.2) is 42.7 Å². The van der Waals surface area contributed by atoms with E-state index in [0.717, 1.165) is 27.5 Å². The molecular formula is C16H17ClN4. The van der Waals surface area contributed by atoms with E-state index >= 15 is 0 Å². The van der Waals surface area contributed by atoms with Crippen LogP contribution in [0.3, 0.4) is 0 Å². The predicted octanol–water partition coefficient (Wildman–Crippen LogP) is 3.54. The van der Waals surface area contributed by atoms with Gasteiger partial charge in [-0.2, -0.15) is 5.10 Å². The predicted molar refractivity (Wildman–Crippen MR) is 84.4 cm³/mol. The Hall–Kier alpha value is -1.91. The second-order valence-electron chi connectivity index (χ2n) is 5.17. The van der Waals surface area contributed by atoms with Crippen LogP contribution in [0.5, 0.6) is 0 Å². The van der Waals surface area contributed by atoms with E-state index in [9.17, 15) is 0 Å². The summed E-state index contributed by atoms with van der Waals surface area (Å²) in [5.74, 6) is 0. The summed E-state index contributed by atoms with van der Waals surface area (Å²) in [7, 11) is 0. The molecule has 0 saturated heterocycles. The highest BCUT2D eigenvalue weighted by atomic mass is 35.5. The molecule has 1 aromatic carbocycles. The Labute approximate surface area is 128 Å². The van der Waals surface area contributed by atoms with Crippen LogP contribution in [-0.4, -0.2) is 14.6 Å². The van der Waals surface area contributed by atoms with Crippen LogP contribution < -0.4 is 5.32 Å². The summed E-state index contributed by atoms with van der Waals surface area (Å²) >= 11 is 6.22. The van der Waals surface area contributed by atoms with E-state index in [-0.39, 0.29) is 6.04 Å². The molecule has 1 atom stereocenters. The van der Waals surface area contributed by atoms with Crippen LogP contribution >= 0.6 is 11.6 Å². The van der Waals surface area contributed by atoms with E-state index in [1.54, 1.807) is 0 Å². The van der Waals surface area contributed by atoms with E-state index in [4.69, 9.17) is 11.6 Å². The molecule has 0 aliphatic heterocycles. The average molecular weight is 301 g/mol. The lowest BCUT2D eigenvalue weighted by Gasteiger charge is -2.15. The van der Waals surface area contributed by atoms with Crippen molar-refractivity contribution in [2.45, 2.75) is 26.4 Å². The fraction of sp³-hybridized carbons (Fsp3) is 0.250. The highest BCUT2D eigenvalue weighted by Gasteiger charge is 2.09. The first-order valence-electron chi connectivity index (χ1n) is 6.92. The van der Waals surface area contributed by atoms with Crippen molar-refractivity contribution in [2.75, 3.05) is 0 Å². The van der Waals surface area contributed by atoms with Gasteiger partial charge in [0.05, 0.1) is 5.69 Å². The van der Waals surface area contributed by atoms with Crippen molar-refractivity contribution in [1.82, 2.24) is 19.9 Å². The molecule has 0 unspecified atom stereocenters. The summed E-state index contributed by atoms with van der Waals surface area (Å²) in [6.45, 7) is 4.78. The number of aromatic nitrogens is 3. The number of rotatable bonds is 4. The second kappa shape index (κ2) is 5.84. The number of aryl methyl sites for hydroxylation is 1. The van der Waals surface area contributed by atoms with E-state index in [1.807, 2.05) is 54.2 Å². The van der Waals surface area contributed by atoms with Gasteiger partial charge in [-0.05, 0) is 25.5 Å². The van der Waals surface area contributed by atoms with Gasteiger partial charge in [-0.25, -0.2) is 9.50 Å². The average Bonchev–Trinajstić information content (AvgIpc) is 2.84. The minimum atomic E-state index is 0.175. The number of nitrogens with zero attached hydrogens (tertiary/aromatic N) is 3. The number of fused-ring (bicyclic) bond motifs is 1. The van der Waals surface area contributed by atoms with Gasteiger partial charge in [0.2, 0.25) is 0 Å². The molecule has 2 heterocycles. The topological polar surface area (TPSA) is 42.2 Å². The lowest BCUT2D eigenvalue weighted by atomic mass is 10.1. The van der Waals surface area contributed by atoms with Gasteiger partial charge in [0.15, 0.2) is 5.65 Å². The molecule has 4 nitrogen and oxygen atoms in total. The van der Waals surface area contributed by atoms with Gasteiger partial charge in [-0.15, -0.1) is 0 Å². The fourth-order valence-electron chi connectivity index (χ4n) is 2.33. The Morgan fingerprint density at radius 3 is 2.95 bits per heavy atom. The summed E-state index contributed by atoms with van der Waals surface area (Å²) in [5.41, 5.74) is 4.03. The molecule has 0 radical (unpaired) electrons. The van der Waals surface area contributed by atoms with Crippen LogP contribution in [0.1, 0.15) is 29.8 Å². The van der Waals surface area contributed by atoms with Crippen molar-refractivity contribution < 1.29 is 0 Å². The first kappa shape index (κ1) is 14.0. The number of halogens is 1. The zero-order chi connectivity index (χ0) is 14.8. The van der Waals surface area contributed by atoms with Crippen LogP contribution in [-0.2, 0) is 6.54 Å². The van der Waals surface area contributed by atoms with E-state index < -0.39 is 0 Å². The third-order valence-electron chi connectivity index (χ3n) is 3.47. The van der Waals surface area contributed by atoms with Crippen LogP contribution in [0, 0.1) is 6.92 Å². The number of hydrogen-bond acceptors (Lipinski definition) is 3. The molecule has 3 rings (SSSR count). The van der Waals surface area contributed by atoms with Crippen LogP contribution in [0.25, 0.3) is 5.65 Å². The Balaban J connectivity index is 1.72. The molecule has 5 heteroatoms. The molecule has 2 aromatic heterocycles. The zero-order valence-electron chi connectivity index (χ0n) is 12.0. The SMILES string of the molecule is Cc1cc2ncc(CN[C@@H](C)c3ccccc3Cl)cn2n1. The Morgan fingerprint density at radius 2 is 2.14 bits per heavy atom. The third kappa shape index (κ3) is 3.06. The standard InChI is InChI=1S/C16H17ClN4/c1-11-7-16-19-9-13(10-21(16)20-11)8-18-12(2)14-5-3-4-6-15(14)17/h3-7,9-10,12,18H,8H2,1-2H3/t12-/m0/s1. The Kier molecular flexibility index (Phi) is 3.90. The molecule has 1 N–H and O–H groups in total. The maximum atomic E-state index is 6.22. The largest absolute Gasteiger partial charge is 0.306 e. The maximum Gasteiger partial charge on any atom is 0.155 e. The van der Waals surface area contributed by atoms with Crippen molar-refractivity contribution in [3.05, 3.63) is 64.6 Å². The highest BCUT2D eigenvalue weighted by Crippen LogP contribution is 2.22. The summed E-state index contributed by atoms with van der Waals surface area (Å²) < 4.78 is 1.81. The molecular weight excluding hydrogens is 284 g/mol. The van der Waals surface area contributed by atoms with Crippen LogP contribution in [0.4, 0.5) is 0 Å². The first-order chi connectivity index (χ1) is 10.1. The molecule has 0 bridgehead atoms. The number of nitrogens with one attached hydrogen (secondary N) is 1.